The first kappa shape index (κ1) is 46.4. The lowest BCUT2D eigenvalue weighted by Crippen LogP contribution is -2.66. The van der Waals surface area contributed by atoms with E-state index in [1.165, 1.54) is 0 Å². The Morgan fingerprint density at radius 3 is 1.06 bits per heavy atom. The zero-order valence-electron chi connectivity index (χ0n) is 36.3. The van der Waals surface area contributed by atoms with Crippen molar-refractivity contribution in [3.8, 4) is 0 Å². The zero-order chi connectivity index (χ0) is 44.5. The maximum absolute atomic E-state index is 12.3. The molecule has 0 unspecified atom stereocenters. The van der Waals surface area contributed by atoms with Crippen molar-refractivity contribution < 1.29 is 52.8 Å². The van der Waals surface area contributed by atoms with E-state index in [2.05, 4.69) is 0 Å². The Morgan fingerprint density at radius 1 is 0.338 bits per heavy atom. The van der Waals surface area contributed by atoms with Crippen LogP contribution in [0.5, 0.6) is 0 Å². The molecule has 11 heteroatoms. The van der Waals surface area contributed by atoms with Gasteiger partial charge in [0.2, 0.25) is 0 Å². The van der Waals surface area contributed by atoms with Crippen LogP contribution in [-0.2, 0) is 82.3 Å². The van der Waals surface area contributed by atoms with Crippen LogP contribution in [0.1, 0.15) is 33.4 Å². The third kappa shape index (κ3) is 13.5. The van der Waals surface area contributed by atoms with Gasteiger partial charge in [-0.05, 0) is 33.4 Å². The summed E-state index contributed by atoms with van der Waals surface area (Å²) in [6.07, 6.45) is -10.5. The third-order valence-electron chi connectivity index (χ3n) is 11.4. The molecule has 11 nitrogen and oxygen atoms in total. The molecule has 0 amide bonds. The maximum Gasteiger partial charge on any atom is 0.187 e. The molecule has 2 heterocycles. The van der Waals surface area contributed by atoms with Gasteiger partial charge in [0.25, 0.3) is 0 Å². The highest BCUT2D eigenvalue weighted by Crippen LogP contribution is 2.35. The topological polar surface area (TPSA) is 124 Å². The summed E-state index contributed by atoms with van der Waals surface area (Å²) in [5.41, 5.74) is 5.67. The summed E-state index contributed by atoms with van der Waals surface area (Å²) in [7, 11) is 0. The van der Waals surface area contributed by atoms with Crippen LogP contribution in [0.4, 0.5) is 0 Å². The molecule has 6 aromatic rings. The second-order valence-electron chi connectivity index (χ2n) is 16.2. The van der Waals surface area contributed by atoms with Crippen LogP contribution in [0, 0.1) is 0 Å². The molecule has 2 fully saturated rings. The highest BCUT2D eigenvalue weighted by Gasteiger charge is 2.53. The summed E-state index contributed by atoms with van der Waals surface area (Å²) in [6.45, 7) is 1.49. The minimum atomic E-state index is -1.49. The largest absolute Gasteiger partial charge is 0.387 e. The zero-order valence-corrected chi connectivity index (χ0v) is 36.3. The minimum absolute atomic E-state index is 0.0261. The van der Waals surface area contributed by atoms with Crippen molar-refractivity contribution in [3.05, 3.63) is 215 Å². The van der Waals surface area contributed by atoms with Gasteiger partial charge >= 0.3 is 0 Å². The summed E-state index contributed by atoms with van der Waals surface area (Å²) in [5.74, 6) is 0. The van der Waals surface area contributed by atoms with Crippen molar-refractivity contribution in [1.82, 2.24) is 0 Å². The molecule has 65 heavy (non-hydrogen) atoms. The predicted molar refractivity (Wildman–Crippen MR) is 243 cm³/mol. The molecule has 6 aromatic carbocycles. The molecule has 0 radical (unpaired) electrons. The van der Waals surface area contributed by atoms with Crippen molar-refractivity contribution in [2.45, 2.75) is 101 Å². The van der Waals surface area contributed by atoms with E-state index in [9.17, 15) is 10.2 Å². The third-order valence-corrected chi connectivity index (χ3v) is 11.4. The highest BCUT2D eigenvalue weighted by molar-refractivity contribution is 5.18. The number of hydrogen-bond acceptors (Lipinski definition) is 11. The Balaban J connectivity index is 1.13. The lowest BCUT2D eigenvalue weighted by atomic mass is 9.96. The van der Waals surface area contributed by atoms with E-state index in [-0.39, 0.29) is 46.2 Å². The molecule has 2 saturated heterocycles. The normalized spacial score (nSPS) is 25.6. The van der Waals surface area contributed by atoms with E-state index >= 15 is 0 Å². The number of rotatable bonds is 22. The van der Waals surface area contributed by atoms with Crippen LogP contribution in [0.3, 0.4) is 0 Å². The van der Waals surface area contributed by atoms with E-state index in [4.69, 9.17) is 42.6 Å². The van der Waals surface area contributed by atoms with E-state index in [1.54, 1.807) is 0 Å². The van der Waals surface area contributed by atoms with Gasteiger partial charge in [-0.2, -0.15) is 0 Å². The van der Waals surface area contributed by atoms with Crippen molar-refractivity contribution in [2.75, 3.05) is 13.2 Å². The fourth-order valence-corrected chi connectivity index (χ4v) is 8.04. The van der Waals surface area contributed by atoms with Gasteiger partial charge in [-0.15, -0.1) is 0 Å². The summed E-state index contributed by atoms with van der Waals surface area (Å²) < 4.78 is 59.6. The molecule has 0 aliphatic carbocycles. The van der Waals surface area contributed by atoms with E-state index in [1.807, 2.05) is 182 Å². The van der Waals surface area contributed by atoms with Crippen LogP contribution in [0.15, 0.2) is 182 Å². The Morgan fingerprint density at radius 2 is 0.662 bits per heavy atom. The van der Waals surface area contributed by atoms with Gasteiger partial charge in [-0.25, -0.2) is 0 Å². The van der Waals surface area contributed by atoms with E-state index < -0.39 is 61.4 Å². The second-order valence-corrected chi connectivity index (χ2v) is 16.2. The average Bonchev–Trinajstić information content (AvgIpc) is 3.35. The van der Waals surface area contributed by atoms with Gasteiger partial charge in [0.15, 0.2) is 12.6 Å². The molecular weight excluding hydrogens is 825 g/mol. The lowest BCUT2D eigenvalue weighted by Gasteiger charge is -2.49. The minimum Gasteiger partial charge on any atom is -0.387 e. The summed E-state index contributed by atoms with van der Waals surface area (Å²) in [5, 5.41) is 23.7. The van der Waals surface area contributed by atoms with E-state index in [0.717, 1.165) is 33.4 Å². The Hall–Kier alpha value is -5.12. The van der Waals surface area contributed by atoms with Crippen LogP contribution in [0.2, 0.25) is 0 Å². The molecule has 340 valence electrons. The number of aliphatic hydroxyl groups is 2. The van der Waals surface area contributed by atoms with Gasteiger partial charge in [0.05, 0.1) is 52.9 Å². The molecular formula is C54H58O11. The maximum atomic E-state index is 12.3. The van der Waals surface area contributed by atoms with Crippen LogP contribution >= 0.6 is 0 Å². The van der Waals surface area contributed by atoms with Gasteiger partial charge in [-0.3, -0.25) is 0 Å². The Bertz CT molecular complexity index is 2200. The lowest BCUT2D eigenvalue weighted by molar-refractivity contribution is -0.371. The van der Waals surface area contributed by atoms with Gasteiger partial charge in [0.1, 0.15) is 48.8 Å². The number of hydrogen-bond donors (Lipinski definition) is 2. The molecule has 2 aliphatic heterocycles. The van der Waals surface area contributed by atoms with Crippen LogP contribution in [0.25, 0.3) is 0 Å². The van der Waals surface area contributed by atoms with Gasteiger partial charge in [-0.1, -0.05) is 182 Å². The summed E-state index contributed by atoms with van der Waals surface area (Å²) >= 11 is 0. The standard InChI is InChI=1S/C54H58O11/c55-47-48(45(37-57-31-39-19-7-1-8-20-39)63-53(56)50(47)60-34-42-25-13-4-14-26-42)65-54-52(62-36-44-29-17-6-18-30-44)51(61-35-43-27-15-5-16-28-43)49(59-33-41-23-11-3-12-24-41)46(64-54)38-58-32-40-21-9-2-10-22-40/h1-30,45-56H,31-38H2/t45-,46-,47+,48-,49-,50-,51+,52-,53-,54+/m1/s1. The van der Waals surface area contributed by atoms with Gasteiger partial charge < -0.3 is 52.8 Å². The molecule has 2 aliphatic rings. The van der Waals surface area contributed by atoms with Crippen molar-refractivity contribution in [1.29, 1.82) is 0 Å². The van der Waals surface area contributed by atoms with Crippen molar-refractivity contribution in [2.24, 2.45) is 0 Å². The van der Waals surface area contributed by atoms with E-state index in [0.29, 0.717) is 6.61 Å². The predicted octanol–water partition coefficient (Wildman–Crippen LogP) is 7.95. The molecule has 0 aromatic heterocycles. The quantitative estimate of drug-likeness (QED) is 0.0691. The average molecular weight is 883 g/mol. The second kappa shape index (κ2) is 24.4. The Labute approximate surface area is 381 Å². The number of ether oxygens (including phenoxy) is 9. The monoisotopic (exact) mass is 882 g/mol. The highest BCUT2D eigenvalue weighted by atomic mass is 16.7. The van der Waals surface area contributed by atoms with Crippen molar-refractivity contribution in [3.63, 3.8) is 0 Å². The number of aliphatic hydroxyl groups excluding tert-OH is 2. The first-order valence-electron chi connectivity index (χ1n) is 22.3. The fourth-order valence-electron chi connectivity index (χ4n) is 8.04. The van der Waals surface area contributed by atoms with Crippen LogP contribution < -0.4 is 0 Å². The first-order valence-corrected chi connectivity index (χ1v) is 22.3. The smallest absolute Gasteiger partial charge is 0.187 e. The molecule has 0 spiro atoms. The molecule has 8 rings (SSSR count). The molecule has 0 saturated carbocycles. The summed E-state index contributed by atoms with van der Waals surface area (Å²) in [6, 6.07) is 58.9. The van der Waals surface area contributed by atoms with Crippen LogP contribution in [-0.4, -0.2) is 84.8 Å². The Kier molecular flexibility index (Phi) is 17.4. The van der Waals surface area contributed by atoms with Crippen molar-refractivity contribution >= 4 is 0 Å². The molecule has 0 bridgehead atoms. The fraction of sp³-hybridized carbons (Fsp3) is 0.333. The molecule has 2 N–H and O–H groups in total. The SMILES string of the molecule is O[C@@H]1[C@@H](OCc2ccccc2)[C@H](O)O[C@H](COCc2ccccc2)[C@H]1O[C@@H]1O[C@H](COCc2ccccc2)[C@@H](OCc2ccccc2)[C@H](OCc2ccccc2)[C@H]1OCc1ccccc1. The summed E-state index contributed by atoms with van der Waals surface area (Å²) in [4.78, 5) is 0. The molecule has 10 atom stereocenters. The number of benzene rings is 6. The van der Waals surface area contributed by atoms with Gasteiger partial charge in [0, 0.05) is 0 Å². The first-order chi connectivity index (χ1) is 32.1.